The summed E-state index contributed by atoms with van der Waals surface area (Å²) in [6.07, 6.45) is 4.41. The molecule has 0 aromatic heterocycles. The molecular formula is C15H34N2O3. The van der Waals surface area contributed by atoms with E-state index in [2.05, 4.69) is 24.2 Å². The zero-order valence-electron chi connectivity index (χ0n) is 13.6. The molecule has 0 spiro atoms. The van der Waals surface area contributed by atoms with Crippen molar-refractivity contribution in [3.05, 3.63) is 0 Å². The molecule has 5 nitrogen and oxygen atoms in total. The molecule has 0 fully saturated rings. The molecule has 0 aromatic rings. The lowest BCUT2D eigenvalue weighted by molar-refractivity contribution is 0.0353. The smallest absolute Gasteiger partial charge is 0.0897 e. The third kappa shape index (κ3) is 14.2. The van der Waals surface area contributed by atoms with E-state index in [4.69, 9.17) is 9.47 Å². The monoisotopic (exact) mass is 290 g/mol. The summed E-state index contributed by atoms with van der Waals surface area (Å²) in [5.41, 5.74) is 0. The van der Waals surface area contributed by atoms with Crippen molar-refractivity contribution in [2.24, 2.45) is 0 Å². The highest BCUT2D eigenvalue weighted by Gasteiger charge is 2.04. The van der Waals surface area contributed by atoms with E-state index in [1.807, 2.05) is 0 Å². The summed E-state index contributed by atoms with van der Waals surface area (Å²) in [7, 11) is 3.78. The van der Waals surface area contributed by atoms with Crippen molar-refractivity contribution < 1.29 is 14.6 Å². The number of methoxy groups -OCH3 is 1. The van der Waals surface area contributed by atoms with Crippen LogP contribution < -0.4 is 5.32 Å². The highest BCUT2D eigenvalue weighted by atomic mass is 16.5. The van der Waals surface area contributed by atoms with Gasteiger partial charge in [0.1, 0.15) is 0 Å². The molecule has 1 atom stereocenters. The molecular weight excluding hydrogens is 256 g/mol. The SMILES string of the molecule is CCCCCCOCC(O)CNCCN(C)CCOC. The highest BCUT2D eigenvalue weighted by Crippen LogP contribution is 1.99. The lowest BCUT2D eigenvalue weighted by Gasteiger charge is -2.17. The van der Waals surface area contributed by atoms with Crippen molar-refractivity contribution in [1.29, 1.82) is 0 Å². The molecule has 0 heterocycles. The normalized spacial score (nSPS) is 13.1. The Balaban J connectivity index is 3.25. The molecule has 0 aromatic carbocycles. The minimum Gasteiger partial charge on any atom is -0.389 e. The number of aliphatic hydroxyl groups is 1. The Morgan fingerprint density at radius 2 is 1.95 bits per heavy atom. The van der Waals surface area contributed by atoms with Gasteiger partial charge in [-0.1, -0.05) is 26.2 Å². The number of nitrogens with zero attached hydrogens (tertiary/aromatic N) is 1. The van der Waals surface area contributed by atoms with Crippen molar-refractivity contribution in [2.75, 3.05) is 60.2 Å². The number of nitrogens with one attached hydrogen (secondary N) is 1. The van der Waals surface area contributed by atoms with E-state index in [1.54, 1.807) is 7.11 Å². The molecule has 0 radical (unpaired) electrons. The van der Waals surface area contributed by atoms with Crippen LogP contribution in [0.15, 0.2) is 0 Å². The van der Waals surface area contributed by atoms with Gasteiger partial charge in [0.05, 0.1) is 19.3 Å². The summed E-state index contributed by atoms with van der Waals surface area (Å²) in [5.74, 6) is 0. The number of unbranched alkanes of at least 4 members (excludes halogenated alkanes) is 3. The molecule has 0 aliphatic heterocycles. The fraction of sp³-hybridized carbons (Fsp3) is 1.00. The Bertz CT molecular complexity index is 194. The maximum atomic E-state index is 9.74. The second-order valence-electron chi connectivity index (χ2n) is 5.29. The first kappa shape index (κ1) is 19.8. The number of hydrogen-bond acceptors (Lipinski definition) is 5. The lowest BCUT2D eigenvalue weighted by atomic mass is 10.2. The second-order valence-corrected chi connectivity index (χ2v) is 5.29. The summed E-state index contributed by atoms with van der Waals surface area (Å²) in [4.78, 5) is 2.20. The minimum absolute atomic E-state index is 0.412. The van der Waals surface area contributed by atoms with Crippen LogP contribution in [0.3, 0.4) is 0 Å². The number of likely N-dealkylation sites (N-methyl/N-ethyl adjacent to an activating group) is 1. The fourth-order valence-electron chi connectivity index (χ4n) is 1.81. The fourth-order valence-corrected chi connectivity index (χ4v) is 1.81. The van der Waals surface area contributed by atoms with Crippen LogP contribution in [0.5, 0.6) is 0 Å². The summed E-state index contributed by atoms with van der Waals surface area (Å²) in [5, 5.41) is 13.0. The minimum atomic E-state index is -0.412. The Labute approximate surface area is 124 Å². The Kier molecular flexibility index (Phi) is 15.0. The van der Waals surface area contributed by atoms with Gasteiger partial charge >= 0.3 is 0 Å². The summed E-state index contributed by atoms with van der Waals surface area (Å²) in [6, 6.07) is 0. The van der Waals surface area contributed by atoms with Crippen LogP contribution >= 0.6 is 0 Å². The molecule has 1 unspecified atom stereocenters. The molecule has 0 bridgehead atoms. The molecule has 5 heteroatoms. The van der Waals surface area contributed by atoms with Gasteiger partial charge in [0.15, 0.2) is 0 Å². The van der Waals surface area contributed by atoms with Gasteiger partial charge in [-0.3, -0.25) is 0 Å². The van der Waals surface area contributed by atoms with Crippen molar-refractivity contribution >= 4 is 0 Å². The van der Waals surface area contributed by atoms with Crippen LogP contribution in [0.4, 0.5) is 0 Å². The van der Waals surface area contributed by atoms with Gasteiger partial charge < -0.3 is 24.8 Å². The van der Waals surface area contributed by atoms with Gasteiger partial charge in [-0.05, 0) is 13.5 Å². The van der Waals surface area contributed by atoms with E-state index >= 15 is 0 Å². The number of ether oxygens (including phenoxy) is 2. The Morgan fingerprint density at radius 1 is 1.15 bits per heavy atom. The van der Waals surface area contributed by atoms with Gasteiger partial charge in [-0.15, -0.1) is 0 Å². The lowest BCUT2D eigenvalue weighted by Crippen LogP contribution is -2.36. The van der Waals surface area contributed by atoms with Crippen LogP contribution in [0, 0.1) is 0 Å². The molecule has 0 aliphatic carbocycles. The van der Waals surface area contributed by atoms with Gasteiger partial charge in [0.25, 0.3) is 0 Å². The summed E-state index contributed by atoms with van der Waals surface area (Å²) < 4.78 is 10.5. The largest absolute Gasteiger partial charge is 0.389 e. The summed E-state index contributed by atoms with van der Waals surface area (Å²) >= 11 is 0. The predicted octanol–water partition coefficient (Wildman–Crippen LogP) is 1.11. The van der Waals surface area contributed by atoms with Crippen molar-refractivity contribution in [1.82, 2.24) is 10.2 Å². The molecule has 0 amide bonds. The first-order valence-electron chi connectivity index (χ1n) is 7.84. The first-order chi connectivity index (χ1) is 9.70. The Hall–Kier alpha value is -0.200. The zero-order valence-corrected chi connectivity index (χ0v) is 13.6. The van der Waals surface area contributed by atoms with Crippen LogP contribution in [-0.4, -0.2) is 76.3 Å². The molecule has 0 aliphatic rings. The van der Waals surface area contributed by atoms with E-state index in [0.29, 0.717) is 13.2 Å². The van der Waals surface area contributed by atoms with Gasteiger partial charge in [0.2, 0.25) is 0 Å². The van der Waals surface area contributed by atoms with E-state index in [0.717, 1.165) is 39.3 Å². The average Bonchev–Trinajstić information content (AvgIpc) is 2.45. The number of aliphatic hydroxyl groups excluding tert-OH is 1. The second kappa shape index (κ2) is 15.2. The molecule has 122 valence electrons. The summed E-state index contributed by atoms with van der Waals surface area (Å²) in [6.45, 7) is 7.49. The first-order valence-corrected chi connectivity index (χ1v) is 7.84. The topological polar surface area (TPSA) is 54.0 Å². The van der Waals surface area contributed by atoms with Crippen LogP contribution in [-0.2, 0) is 9.47 Å². The van der Waals surface area contributed by atoms with E-state index < -0.39 is 6.10 Å². The molecule has 0 saturated carbocycles. The maximum Gasteiger partial charge on any atom is 0.0897 e. The van der Waals surface area contributed by atoms with E-state index in [1.165, 1.54) is 19.3 Å². The molecule has 0 rings (SSSR count). The van der Waals surface area contributed by atoms with Crippen molar-refractivity contribution in [3.8, 4) is 0 Å². The Morgan fingerprint density at radius 3 is 2.65 bits per heavy atom. The standard InChI is InChI=1S/C15H34N2O3/c1-4-5-6-7-11-20-14-15(18)13-16-8-9-17(2)10-12-19-3/h15-16,18H,4-14H2,1-3H3. The van der Waals surface area contributed by atoms with Gasteiger partial charge in [0, 0.05) is 39.9 Å². The van der Waals surface area contributed by atoms with E-state index in [9.17, 15) is 5.11 Å². The average molecular weight is 290 g/mol. The maximum absolute atomic E-state index is 9.74. The van der Waals surface area contributed by atoms with Crippen LogP contribution in [0.1, 0.15) is 32.6 Å². The number of rotatable bonds is 15. The van der Waals surface area contributed by atoms with Gasteiger partial charge in [-0.25, -0.2) is 0 Å². The molecule has 20 heavy (non-hydrogen) atoms. The number of hydrogen-bond donors (Lipinski definition) is 2. The van der Waals surface area contributed by atoms with Crippen LogP contribution in [0.2, 0.25) is 0 Å². The quantitative estimate of drug-likeness (QED) is 0.443. The molecule has 2 N–H and O–H groups in total. The third-order valence-corrected chi connectivity index (χ3v) is 3.18. The third-order valence-electron chi connectivity index (χ3n) is 3.18. The predicted molar refractivity (Wildman–Crippen MR) is 83.2 cm³/mol. The molecule has 0 saturated heterocycles. The zero-order chi connectivity index (χ0) is 15.1. The van der Waals surface area contributed by atoms with Crippen molar-refractivity contribution in [3.63, 3.8) is 0 Å². The van der Waals surface area contributed by atoms with Gasteiger partial charge in [-0.2, -0.15) is 0 Å². The van der Waals surface area contributed by atoms with Crippen molar-refractivity contribution in [2.45, 2.75) is 38.7 Å². The highest BCUT2D eigenvalue weighted by molar-refractivity contribution is 4.60. The van der Waals surface area contributed by atoms with Crippen LogP contribution in [0.25, 0.3) is 0 Å². The van der Waals surface area contributed by atoms with E-state index in [-0.39, 0.29) is 0 Å².